The van der Waals surface area contributed by atoms with Gasteiger partial charge in [0.15, 0.2) is 5.78 Å². The van der Waals surface area contributed by atoms with Gasteiger partial charge < -0.3 is 9.84 Å². The Kier molecular flexibility index (Phi) is 3.40. The first kappa shape index (κ1) is 14.3. The Balaban J connectivity index is 1.81. The van der Waals surface area contributed by atoms with Crippen LogP contribution in [0.25, 0.3) is 0 Å². The number of carbonyl (C=O) groups excluding carboxylic acids is 1. The summed E-state index contributed by atoms with van der Waals surface area (Å²) >= 11 is 0. The second-order valence-electron chi connectivity index (χ2n) is 7.04. The van der Waals surface area contributed by atoms with Crippen molar-refractivity contribution in [3.8, 4) is 5.75 Å². The summed E-state index contributed by atoms with van der Waals surface area (Å²) in [6.07, 6.45) is 5.20. The number of para-hydroxylation sites is 1. The molecular weight excluding hydrogens is 264 g/mol. The summed E-state index contributed by atoms with van der Waals surface area (Å²) in [5, 5.41) is 9.89. The van der Waals surface area contributed by atoms with Gasteiger partial charge in [0, 0.05) is 17.8 Å². The number of benzene rings is 1. The molecular formula is C18H22O3. The number of aromatic hydroxyl groups is 1. The number of hydrogen-bond acceptors (Lipinski definition) is 3. The lowest BCUT2D eigenvalue weighted by atomic mass is 9.86. The van der Waals surface area contributed by atoms with Gasteiger partial charge in [-0.15, -0.1) is 0 Å². The fourth-order valence-corrected chi connectivity index (χ4v) is 3.54. The maximum atomic E-state index is 12.7. The van der Waals surface area contributed by atoms with Crippen LogP contribution >= 0.6 is 0 Å². The molecule has 1 aromatic rings. The number of fused-ring (bicyclic) bond motifs is 2. The van der Waals surface area contributed by atoms with E-state index in [-0.39, 0.29) is 35.1 Å². The molecule has 1 fully saturated rings. The highest BCUT2D eigenvalue weighted by molar-refractivity contribution is 6.00. The summed E-state index contributed by atoms with van der Waals surface area (Å²) in [6.45, 7) is 6.14. The number of ether oxygens (including phenoxy) is 1. The highest BCUT2D eigenvalue weighted by Gasteiger charge is 2.49. The first-order valence-corrected chi connectivity index (χ1v) is 7.55. The van der Waals surface area contributed by atoms with Crippen LogP contribution < -0.4 is 0 Å². The predicted octanol–water partition coefficient (Wildman–Crippen LogP) is 3.58. The number of hydrogen-bond donors (Lipinski definition) is 1. The molecule has 3 nitrogen and oxygen atoms in total. The number of rotatable bonds is 3. The number of ketones is 1. The highest BCUT2D eigenvalue weighted by Crippen LogP contribution is 2.48. The van der Waals surface area contributed by atoms with E-state index >= 15 is 0 Å². The van der Waals surface area contributed by atoms with Crippen molar-refractivity contribution in [3.63, 3.8) is 0 Å². The average Bonchev–Trinajstić information content (AvgIpc) is 2.93. The topological polar surface area (TPSA) is 46.5 Å². The van der Waals surface area contributed by atoms with Gasteiger partial charge in [-0.25, -0.2) is 0 Å². The van der Waals surface area contributed by atoms with Crippen molar-refractivity contribution in [2.24, 2.45) is 17.8 Å². The minimum Gasteiger partial charge on any atom is -0.507 e. The SMILES string of the molecule is CC(C)(C)O[C@@H]1[C@@H]2C=C[C@H]1C[C@H]2C(=O)c1ccccc1O. The van der Waals surface area contributed by atoms with Crippen molar-refractivity contribution < 1.29 is 14.6 Å². The maximum Gasteiger partial charge on any atom is 0.170 e. The molecule has 0 aliphatic heterocycles. The van der Waals surface area contributed by atoms with Crippen molar-refractivity contribution in [1.82, 2.24) is 0 Å². The molecule has 0 radical (unpaired) electrons. The van der Waals surface area contributed by atoms with Gasteiger partial charge in [0.2, 0.25) is 0 Å². The Labute approximate surface area is 125 Å². The molecule has 3 heteroatoms. The second-order valence-corrected chi connectivity index (χ2v) is 7.04. The Morgan fingerprint density at radius 3 is 2.62 bits per heavy atom. The van der Waals surface area contributed by atoms with Crippen molar-refractivity contribution >= 4 is 5.78 Å². The van der Waals surface area contributed by atoms with Crippen LogP contribution in [-0.2, 0) is 4.74 Å². The zero-order valence-electron chi connectivity index (χ0n) is 12.7. The van der Waals surface area contributed by atoms with Crippen molar-refractivity contribution in [3.05, 3.63) is 42.0 Å². The maximum absolute atomic E-state index is 12.7. The lowest BCUT2D eigenvalue weighted by Crippen LogP contribution is -2.32. The molecule has 0 amide bonds. The van der Waals surface area contributed by atoms with E-state index in [0.717, 1.165) is 6.42 Å². The fraction of sp³-hybridized carbons (Fsp3) is 0.500. The predicted molar refractivity (Wildman–Crippen MR) is 81.3 cm³/mol. The van der Waals surface area contributed by atoms with Crippen LogP contribution in [0.4, 0.5) is 0 Å². The van der Waals surface area contributed by atoms with Crippen LogP contribution in [0.1, 0.15) is 37.6 Å². The molecule has 112 valence electrons. The van der Waals surface area contributed by atoms with E-state index in [9.17, 15) is 9.90 Å². The van der Waals surface area contributed by atoms with E-state index in [1.54, 1.807) is 24.3 Å². The molecule has 2 aliphatic carbocycles. The summed E-state index contributed by atoms with van der Waals surface area (Å²) < 4.78 is 6.15. The smallest absolute Gasteiger partial charge is 0.170 e. The van der Waals surface area contributed by atoms with Crippen molar-refractivity contribution in [2.45, 2.75) is 38.9 Å². The van der Waals surface area contributed by atoms with Crippen molar-refractivity contribution in [1.29, 1.82) is 0 Å². The van der Waals surface area contributed by atoms with Gasteiger partial charge in [-0.1, -0.05) is 24.3 Å². The van der Waals surface area contributed by atoms with Crippen LogP contribution in [-0.4, -0.2) is 22.6 Å². The van der Waals surface area contributed by atoms with Gasteiger partial charge in [-0.2, -0.15) is 0 Å². The van der Waals surface area contributed by atoms with E-state index in [1.165, 1.54) is 0 Å². The molecule has 0 spiro atoms. The van der Waals surface area contributed by atoms with E-state index in [4.69, 9.17) is 4.74 Å². The third-order valence-electron chi connectivity index (χ3n) is 4.37. The Hall–Kier alpha value is -1.61. The van der Waals surface area contributed by atoms with Gasteiger partial charge in [0.1, 0.15) is 5.75 Å². The molecule has 0 heterocycles. The summed E-state index contributed by atoms with van der Waals surface area (Å²) in [5.41, 5.74) is 0.220. The van der Waals surface area contributed by atoms with Crippen LogP contribution in [0.15, 0.2) is 36.4 Å². The number of carbonyl (C=O) groups is 1. The number of phenolic OH excluding ortho intramolecular Hbond substituents is 1. The molecule has 0 saturated heterocycles. The fourth-order valence-electron chi connectivity index (χ4n) is 3.54. The quantitative estimate of drug-likeness (QED) is 0.682. The third-order valence-corrected chi connectivity index (χ3v) is 4.37. The Morgan fingerprint density at radius 1 is 1.24 bits per heavy atom. The second kappa shape index (κ2) is 4.99. The minimum absolute atomic E-state index is 0.0347. The molecule has 2 bridgehead atoms. The Morgan fingerprint density at radius 2 is 1.95 bits per heavy atom. The molecule has 0 aromatic heterocycles. The zero-order valence-corrected chi connectivity index (χ0v) is 12.7. The van der Waals surface area contributed by atoms with Gasteiger partial charge >= 0.3 is 0 Å². The molecule has 4 atom stereocenters. The summed E-state index contributed by atoms with van der Waals surface area (Å²) in [5.74, 6) is 0.464. The number of Topliss-reactive ketones (excluding diaryl/α,β-unsaturated/α-hetero) is 1. The van der Waals surface area contributed by atoms with E-state index in [0.29, 0.717) is 11.5 Å². The lowest BCUT2D eigenvalue weighted by Gasteiger charge is -2.28. The molecule has 21 heavy (non-hydrogen) atoms. The van der Waals surface area contributed by atoms with Gasteiger partial charge in [0.25, 0.3) is 0 Å². The molecule has 0 unspecified atom stereocenters. The summed E-state index contributed by atoms with van der Waals surface area (Å²) in [7, 11) is 0. The largest absolute Gasteiger partial charge is 0.507 e. The normalized spacial score (nSPS) is 30.8. The number of phenols is 1. The standard InChI is InChI=1S/C18H22O3/c1-18(2,3)21-17-11-8-9-12(17)14(10-11)16(20)13-6-4-5-7-15(13)19/h4-9,11-12,14,17,19H,10H2,1-3H3/t11-,12+,14+,17-/m0/s1. The van der Waals surface area contributed by atoms with E-state index in [1.807, 2.05) is 20.8 Å². The van der Waals surface area contributed by atoms with E-state index in [2.05, 4.69) is 12.2 Å². The van der Waals surface area contributed by atoms with Gasteiger partial charge in [-0.3, -0.25) is 4.79 Å². The van der Waals surface area contributed by atoms with Crippen LogP contribution in [0.2, 0.25) is 0 Å². The summed E-state index contributed by atoms with van der Waals surface area (Å²) in [4.78, 5) is 12.7. The van der Waals surface area contributed by atoms with Crippen molar-refractivity contribution in [2.75, 3.05) is 0 Å². The molecule has 3 rings (SSSR count). The first-order valence-electron chi connectivity index (χ1n) is 7.55. The highest BCUT2D eigenvalue weighted by atomic mass is 16.5. The molecule has 1 saturated carbocycles. The zero-order chi connectivity index (χ0) is 15.2. The van der Waals surface area contributed by atoms with Gasteiger partial charge in [0.05, 0.1) is 17.3 Å². The van der Waals surface area contributed by atoms with Crippen LogP contribution in [0, 0.1) is 17.8 Å². The minimum atomic E-state index is -0.208. The third kappa shape index (κ3) is 2.62. The molecule has 1 aromatic carbocycles. The van der Waals surface area contributed by atoms with Crippen LogP contribution in [0.5, 0.6) is 5.75 Å². The first-order chi connectivity index (χ1) is 9.87. The lowest BCUT2D eigenvalue weighted by molar-refractivity contribution is -0.0769. The molecule has 1 N–H and O–H groups in total. The van der Waals surface area contributed by atoms with Crippen LogP contribution in [0.3, 0.4) is 0 Å². The Bertz CT molecular complexity index is 582. The average molecular weight is 286 g/mol. The van der Waals surface area contributed by atoms with E-state index < -0.39 is 0 Å². The van der Waals surface area contributed by atoms with Gasteiger partial charge in [-0.05, 0) is 39.3 Å². The molecule has 2 aliphatic rings. The monoisotopic (exact) mass is 286 g/mol. The summed E-state index contributed by atoms with van der Waals surface area (Å²) in [6, 6.07) is 6.80.